The smallest absolute Gasteiger partial charge is 0.278 e. The molecule has 98 valence electrons. The minimum Gasteiger partial charge on any atom is -0.299 e. The van der Waals surface area contributed by atoms with Gasteiger partial charge < -0.3 is 0 Å². The first kappa shape index (κ1) is 12.5. The molecule has 0 amide bonds. The first-order valence-corrected chi connectivity index (χ1v) is 6.23. The van der Waals surface area contributed by atoms with E-state index in [1.807, 2.05) is 6.07 Å². The average Bonchev–Trinajstić information content (AvgIpc) is 2.88. The van der Waals surface area contributed by atoms with E-state index < -0.39 is 0 Å². The lowest BCUT2D eigenvalue weighted by Gasteiger charge is -2.04. The first-order valence-electron chi connectivity index (χ1n) is 5.86. The molecule has 0 N–H and O–H groups in total. The zero-order valence-electron chi connectivity index (χ0n) is 10.5. The highest BCUT2D eigenvalue weighted by molar-refractivity contribution is 6.29. The lowest BCUT2D eigenvalue weighted by molar-refractivity contribution is 0.821. The minimum absolute atomic E-state index is 0.252. The van der Waals surface area contributed by atoms with Gasteiger partial charge in [-0.25, -0.2) is 4.52 Å². The van der Waals surface area contributed by atoms with Gasteiger partial charge in [0, 0.05) is 18.2 Å². The number of nitrogens with zero attached hydrogens (tertiary/aromatic N) is 4. The largest absolute Gasteiger partial charge is 0.299 e. The van der Waals surface area contributed by atoms with Crippen LogP contribution in [-0.2, 0) is 7.05 Å². The second-order valence-corrected chi connectivity index (χ2v) is 4.71. The molecule has 0 radical (unpaired) electrons. The summed E-state index contributed by atoms with van der Waals surface area (Å²) < 4.78 is 2.78. The van der Waals surface area contributed by atoms with Crippen molar-refractivity contribution in [1.82, 2.24) is 14.2 Å². The van der Waals surface area contributed by atoms with Crippen LogP contribution >= 0.6 is 11.6 Å². The molecular formula is C14H9ClN4O. The summed E-state index contributed by atoms with van der Waals surface area (Å²) in [6.45, 7) is 0. The van der Waals surface area contributed by atoms with E-state index in [0.29, 0.717) is 27.4 Å². The van der Waals surface area contributed by atoms with Crippen molar-refractivity contribution in [1.29, 1.82) is 5.26 Å². The van der Waals surface area contributed by atoms with Gasteiger partial charge in [0.1, 0.15) is 10.7 Å². The quantitative estimate of drug-likeness (QED) is 0.688. The predicted molar refractivity (Wildman–Crippen MR) is 75.6 cm³/mol. The van der Waals surface area contributed by atoms with E-state index >= 15 is 0 Å². The van der Waals surface area contributed by atoms with Gasteiger partial charge in [-0.05, 0) is 6.07 Å². The standard InChI is InChI=1S/C14H9ClN4O/c1-18-12(15)8-19-13(14(18)20)11(7-17-19)10-5-3-2-4-9(10)6-16/h2-5,7-8H,1H3. The summed E-state index contributed by atoms with van der Waals surface area (Å²) in [5.74, 6) is 0. The molecule has 6 heteroatoms. The minimum atomic E-state index is -0.252. The maximum atomic E-state index is 12.3. The summed E-state index contributed by atoms with van der Waals surface area (Å²) in [4.78, 5) is 12.3. The van der Waals surface area contributed by atoms with Crippen LogP contribution in [0.15, 0.2) is 41.5 Å². The highest BCUT2D eigenvalue weighted by Crippen LogP contribution is 2.26. The summed E-state index contributed by atoms with van der Waals surface area (Å²) in [6.07, 6.45) is 3.14. The predicted octanol–water partition coefficient (Wildman–Crippen LogP) is 2.23. The summed E-state index contributed by atoms with van der Waals surface area (Å²) in [5.41, 5.74) is 1.96. The Morgan fingerprint density at radius 1 is 1.30 bits per heavy atom. The number of benzene rings is 1. The maximum Gasteiger partial charge on any atom is 0.278 e. The number of hydrogen-bond acceptors (Lipinski definition) is 3. The monoisotopic (exact) mass is 284 g/mol. The molecule has 3 rings (SSSR count). The van der Waals surface area contributed by atoms with E-state index in [2.05, 4.69) is 11.2 Å². The first-order chi connectivity index (χ1) is 9.63. The third-order valence-corrected chi connectivity index (χ3v) is 3.54. The summed E-state index contributed by atoms with van der Waals surface area (Å²) in [6, 6.07) is 9.22. The molecule has 0 saturated carbocycles. The maximum absolute atomic E-state index is 12.3. The van der Waals surface area contributed by atoms with Crippen LogP contribution in [0.2, 0.25) is 5.15 Å². The average molecular weight is 285 g/mol. The van der Waals surface area contributed by atoms with Crippen molar-refractivity contribution in [2.24, 2.45) is 7.05 Å². The highest BCUT2D eigenvalue weighted by atomic mass is 35.5. The van der Waals surface area contributed by atoms with Gasteiger partial charge in [-0.15, -0.1) is 0 Å². The number of rotatable bonds is 1. The van der Waals surface area contributed by atoms with Crippen molar-refractivity contribution in [3.63, 3.8) is 0 Å². The Hall–Kier alpha value is -2.58. The lowest BCUT2D eigenvalue weighted by Crippen LogP contribution is -2.20. The van der Waals surface area contributed by atoms with Crippen molar-refractivity contribution < 1.29 is 0 Å². The number of fused-ring (bicyclic) bond motifs is 1. The SMILES string of the molecule is Cn1c(Cl)cn2ncc(-c3ccccc3C#N)c2c1=O. The van der Waals surface area contributed by atoms with Gasteiger partial charge in [0.05, 0.1) is 24.0 Å². The molecule has 5 nitrogen and oxygen atoms in total. The summed E-state index contributed by atoms with van der Waals surface area (Å²) in [5, 5.41) is 13.6. The fraction of sp³-hybridized carbons (Fsp3) is 0.0714. The van der Waals surface area contributed by atoms with Gasteiger partial charge in [-0.3, -0.25) is 9.36 Å². The van der Waals surface area contributed by atoms with Crippen LogP contribution in [-0.4, -0.2) is 14.2 Å². The van der Waals surface area contributed by atoms with Crippen molar-refractivity contribution in [3.05, 3.63) is 57.7 Å². The Labute approximate surface area is 119 Å². The Kier molecular flexibility index (Phi) is 2.81. The zero-order valence-corrected chi connectivity index (χ0v) is 11.3. The molecule has 0 spiro atoms. The van der Waals surface area contributed by atoms with E-state index in [0.717, 1.165) is 0 Å². The van der Waals surface area contributed by atoms with Crippen molar-refractivity contribution in [3.8, 4) is 17.2 Å². The number of hydrogen-bond donors (Lipinski definition) is 0. The zero-order chi connectivity index (χ0) is 14.3. The van der Waals surface area contributed by atoms with E-state index in [4.69, 9.17) is 11.6 Å². The molecule has 2 aromatic heterocycles. The molecule has 1 aromatic carbocycles. The van der Waals surface area contributed by atoms with Crippen LogP contribution in [0, 0.1) is 11.3 Å². The summed E-state index contributed by atoms with van der Waals surface area (Å²) >= 11 is 5.96. The van der Waals surface area contributed by atoms with E-state index in [9.17, 15) is 10.1 Å². The number of halogens is 1. The molecule has 0 aliphatic carbocycles. The third kappa shape index (κ3) is 1.70. The molecule has 0 bridgehead atoms. The molecule has 0 aliphatic rings. The Morgan fingerprint density at radius 3 is 2.80 bits per heavy atom. The Balaban J connectivity index is 2.43. The second kappa shape index (κ2) is 4.51. The summed E-state index contributed by atoms with van der Waals surface area (Å²) in [7, 11) is 1.59. The highest BCUT2D eigenvalue weighted by Gasteiger charge is 2.15. The fourth-order valence-electron chi connectivity index (χ4n) is 2.13. The Morgan fingerprint density at radius 2 is 2.05 bits per heavy atom. The molecule has 3 aromatic rings. The van der Waals surface area contributed by atoms with Crippen LogP contribution in [0.25, 0.3) is 16.6 Å². The normalized spacial score (nSPS) is 10.7. The fourth-order valence-corrected chi connectivity index (χ4v) is 2.30. The van der Waals surface area contributed by atoms with Crippen LogP contribution in [0.5, 0.6) is 0 Å². The van der Waals surface area contributed by atoms with Crippen molar-refractivity contribution in [2.75, 3.05) is 0 Å². The Bertz CT molecular complexity index is 917. The van der Waals surface area contributed by atoms with Gasteiger partial charge in [-0.2, -0.15) is 10.4 Å². The van der Waals surface area contributed by atoms with Crippen LogP contribution < -0.4 is 5.56 Å². The number of aromatic nitrogens is 3. The van der Waals surface area contributed by atoms with E-state index in [1.54, 1.807) is 37.6 Å². The van der Waals surface area contributed by atoms with Crippen molar-refractivity contribution >= 4 is 17.1 Å². The molecule has 0 aliphatic heterocycles. The van der Waals surface area contributed by atoms with Gasteiger partial charge in [0.15, 0.2) is 0 Å². The number of nitriles is 1. The third-order valence-electron chi connectivity index (χ3n) is 3.19. The van der Waals surface area contributed by atoms with Crippen LogP contribution in [0.3, 0.4) is 0 Å². The molecule has 0 saturated heterocycles. The molecule has 0 fully saturated rings. The molecule has 20 heavy (non-hydrogen) atoms. The molecular weight excluding hydrogens is 276 g/mol. The molecule has 0 atom stereocenters. The van der Waals surface area contributed by atoms with Gasteiger partial charge in [0.25, 0.3) is 5.56 Å². The molecule has 0 unspecified atom stereocenters. The van der Waals surface area contributed by atoms with Gasteiger partial charge in [-0.1, -0.05) is 29.8 Å². The van der Waals surface area contributed by atoms with Crippen LogP contribution in [0.4, 0.5) is 0 Å². The topological polar surface area (TPSA) is 63.1 Å². The van der Waals surface area contributed by atoms with E-state index in [-0.39, 0.29) is 5.56 Å². The second-order valence-electron chi connectivity index (χ2n) is 4.32. The van der Waals surface area contributed by atoms with Gasteiger partial charge in [0.2, 0.25) is 0 Å². The molecule has 2 heterocycles. The van der Waals surface area contributed by atoms with E-state index in [1.165, 1.54) is 9.08 Å². The van der Waals surface area contributed by atoms with Crippen LogP contribution in [0.1, 0.15) is 5.56 Å². The lowest BCUT2D eigenvalue weighted by atomic mass is 10.0. The van der Waals surface area contributed by atoms with Gasteiger partial charge >= 0.3 is 0 Å². The van der Waals surface area contributed by atoms with Crippen molar-refractivity contribution in [2.45, 2.75) is 0 Å².